The molecule has 0 aliphatic heterocycles. The largest absolute Gasteiger partial charge is 0.411 e. The third-order valence-electron chi connectivity index (χ3n) is 1.87. The first kappa shape index (κ1) is 7.71. The van der Waals surface area contributed by atoms with E-state index in [2.05, 4.69) is 25.3 Å². The maximum atomic E-state index is 8.64. The molecule has 0 saturated carbocycles. The molecule has 0 fully saturated rings. The van der Waals surface area contributed by atoms with Gasteiger partial charge in [0.15, 0.2) is 11.4 Å². The predicted molar refractivity (Wildman–Crippen MR) is 40.2 cm³/mol. The Balaban J connectivity index is 2.53. The average Bonchev–Trinajstić information content (AvgIpc) is 2.63. The van der Waals surface area contributed by atoms with Gasteiger partial charge < -0.3 is 10.4 Å². The van der Waals surface area contributed by atoms with Gasteiger partial charge in [-0.25, -0.2) is 4.63 Å². The lowest BCUT2D eigenvalue weighted by Gasteiger charge is -2.08. The van der Waals surface area contributed by atoms with E-state index in [0.717, 1.165) is 0 Å². The minimum Gasteiger partial charge on any atom is -0.411 e. The zero-order valence-electron chi connectivity index (χ0n) is 6.51. The van der Waals surface area contributed by atoms with Crippen molar-refractivity contribution in [1.82, 2.24) is 10.3 Å². The Morgan fingerprint density at radius 1 is 1.15 bits per heavy atom. The number of hydrogen-bond acceptors (Lipinski definition) is 7. The van der Waals surface area contributed by atoms with Crippen LogP contribution in [-0.2, 0) is 6.42 Å². The van der Waals surface area contributed by atoms with Crippen LogP contribution >= 0.6 is 0 Å². The highest BCUT2D eigenvalue weighted by molar-refractivity contribution is 6.48. The van der Waals surface area contributed by atoms with Crippen LogP contribution in [0.4, 0.5) is 0 Å². The van der Waals surface area contributed by atoms with Crippen LogP contribution in [0, 0.1) is 0 Å². The van der Waals surface area contributed by atoms with Crippen LogP contribution in [0.2, 0.25) is 0 Å². The summed E-state index contributed by atoms with van der Waals surface area (Å²) >= 11 is 0. The number of hydrogen-bond donors (Lipinski definition) is 2. The molecule has 1 aromatic rings. The highest BCUT2D eigenvalue weighted by Gasteiger charge is 2.27. The monoisotopic (exact) mass is 182 g/mol. The molecule has 7 nitrogen and oxygen atoms in total. The van der Waals surface area contributed by atoms with E-state index in [0.29, 0.717) is 24.2 Å². The molecule has 1 aliphatic rings. The van der Waals surface area contributed by atoms with Crippen molar-refractivity contribution in [3.8, 4) is 0 Å². The van der Waals surface area contributed by atoms with Gasteiger partial charge in [-0.3, -0.25) is 0 Å². The highest BCUT2D eigenvalue weighted by atomic mass is 16.6. The van der Waals surface area contributed by atoms with Crippen molar-refractivity contribution in [1.29, 1.82) is 0 Å². The molecule has 7 heteroatoms. The lowest BCUT2D eigenvalue weighted by atomic mass is 9.97. The molecule has 1 heterocycles. The molecule has 0 unspecified atom stereocenters. The molecule has 13 heavy (non-hydrogen) atoms. The van der Waals surface area contributed by atoms with E-state index in [-0.39, 0.29) is 11.4 Å². The van der Waals surface area contributed by atoms with Crippen molar-refractivity contribution in [2.24, 2.45) is 10.3 Å². The molecule has 0 spiro atoms. The van der Waals surface area contributed by atoms with Crippen LogP contribution in [0.25, 0.3) is 0 Å². The van der Waals surface area contributed by atoms with E-state index in [9.17, 15) is 0 Å². The zero-order valence-corrected chi connectivity index (χ0v) is 6.51. The summed E-state index contributed by atoms with van der Waals surface area (Å²) in [6.45, 7) is 0. The van der Waals surface area contributed by atoms with Gasteiger partial charge in [0.05, 0.1) is 0 Å². The molecule has 0 bridgehead atoms. The van der Waals surface area contributed by atoms with Crippen LogP contribution in [0.3, 0.4) is 0 Å². The number of nitrogens with zero attached hydrogens (tertiary/aromatic N) is 4. The minimum atomic E-state index is 0.116. The maximum Gasteiger partial charge on any atom is 0.162 e. The lowest BCUT2D eigenvalue weighted by molar-refractivity contribution is 0.301. The van der Waals surface area contributed by atoms with E-state index in [1.54, 1.807) is 0 Å². The van der Waals surface area contributed by atoms with Crippen molar-refractivity contribution in [2.45, 2.75) is 12.8 Å². The van der Waals surface area contributed by atoms with E-state index in [4.69, 9.17) is 10.4 Å². The molecule has 0 radical (unpaired) electrons. The van der Waals surface area contributed by atoms with Crippen molar-refractivity contribution >= 4 is 11.4 Å². The van der Waals surface area contributed by atoms with Gasteiger partial charge in [-0.1, -0.05) is 15.5 Å². The number of oxime groups is 2. The molecule has 2 N–H and O–H groups in total. The van der Waals surface area contributed by atoms with Crippen LogP contribution in [0.5, 0.6) is 0 Å². The maximum absolute atomic E-state index is 8.64. The van der Waals surface area contributed by atoms with Gasteiger partial charge in [-0.05, 0) is 5.16 Å². The second-order valence-corrected chi connectivity index (χ2v) is 2.55. The third kappa shape index (κ3) is 1.05. The van der Waals surface area contributed by atoms with Gasteiger partial charge in [0.25, 0.3) is 0 Å². The fourth-order valence-corrected chi connectivity index (χ4v) is 1.24. The Morgan fingerprint density at radius 3 is 2.69 bits per heavy atom. The van der Waals surface area contributed by atoms with Gasteiger partial charge in [0.1, 0.15) is 11.4 Å². The minimum absolute atomic E-state index is 0.116. The van der Waals surface area contributed by atoms with Crippen molar-refractivity contribution in [3.05, 3.63) is 11.4 Å². The Labute approximate surface area is 72.3 Å². The van der Waals surface area contributed by atoms with Gasteiger partial charge in [-0.2, -0.15) is 0 Å². The first-order valence-electron chi connectivity index (χ1n) is 3.62. The zero-order chi connectivity index (χ0) is 9.26. The summed E-state index contributed by atoms with van der Waals surface area (Å²) in [6, 6.07) is 0. The van der Waals surface area contributed by atoms with Crippen LogP contribution in [0.15, 0.2) is 14.9 Å². The fourth-order valence-electron chi connectivity index (χ4n) is 1.24. The standard InChI is InChI=1S/C6H6N4O3/c11-7-3-1-2-4-6(5(3)8-12)10-13-9-4/h11-12H,1-2H2/b7-3+,8-5+. The predicted octanol–water partition coefficient (Wildman–Crippen LogP) is 0.0243. The lowest BCUT2D eigenvalue weighted by Crippen LogP contribution is -2.23. The number of rotatable bonds is 0. The van der Waals surface area contributed by atoms with Crippen molar-refractivity contribution in [2.75, 3.05) is 0 Å². The summed E-state index contributed by atoms with van der Waals surface area (Å²) in [4.78, 5) is 0. The molecule has 0 amide bonds. The Morgan fingerprint density at radius 2 is 2.00 bits per heavy atom. The first-order chi connectivity index (χ1) is 6.36. The third-order valence-corrected chi connectivity index (χ3v) is 1.87. The van der Waals surface area contributed by atoms with E-state index in [1.165, 1.54) is 0 Å². The topological polar surface area (TPSA) is 104 Å². The van der Waals surface area contributed by atoms with Gasteiger partial charge in [0.2, 0.25) is 0 Å². The molecular formula is C6H6N4O3. The molecule has 0 atom stereocenters. The van der Waals surface area contributed by atoms with Gasteiger partial charge >= 0.3 is 0 Å². The Kier molecular flexibility index (Phi) is 1.69. The molecular weight excluding hydrogens is 176 g/mol. The molecule has 0 aromatic carbocycles. The molecule has 2 rings (SSSR count). The Bertz CT molecular complexity index is 381. The van der Waals surface area contributed by atoms with E-state index >= 15 is 0 Å². The quantitative estimate of drug-likeness (QED) is 0.435. The van der Waals surface area contributed by atoms with E-state index in [1.807, 2.05) is 0 Å². The summed E-state index contributed by atoms with van der Waals surface area (Å²) < 4.78 is 4.46. The smallest absolute Gasteiger partial charge is 0.162 e. The number of aryl methyl sites for hydroxylation is 1. The number of aromatic nitrogens is 2. The summed E-state index contributed by atoms with van der Waals surface area (Å²) in [7, 11) is 0. The van der Waals surface area contributed by atoms with Crippen LogP contribution < -0.4 is 0 Å². The fraction of sp³-hybridized carbons (Fsp3) is 0.333. The SMILES string of the molecule is O/N=C1\C(=N\O)CCc2nonc21. The summed E-state index contributed by atoms with van der Waals surface area (Å²) in [5.41, 5.74) is 1.34. The van der Waals surface area contributed by atoms with E-state index < -0.39 is 0 Å². The summed E-state index contributed by atoms with van der Waals surface area (Å²) in [6.07, 6.45) is 1.02. The molecule has 1 aromatic heterocycles. The van der Waals surface area contributed by atoms with Crippen LogP contribution in [0.1, 0.15) is 17.8 Å². The normalized spacial score (nSPS) is 22.2. The molecule has 1 aliphatic carbocycles. The van der Waals surface area contributed by atoms with Crippen LogP contribution in [-0.4, -0.2) is 32.2 Å². The summed E-state index contributed by atoms with van der Waals surface area (Å²) in [5, 5.41) is 30.3. The summed E-state index contributed by atoms with van der Waals surface area (Å²) in [5.74, 6) is 0. The second-order valence-electron chi connectivity index (χ2n) is 2.55. The first-order valence-corrected chi connectivity index (χ1v) is 3.62. The Hall–Kier alpha value is -1.92. The molecule has 0 saturated heterocycles. The van der Waals surface area contributed by atoms with Gasteiger partial charge in [0, 0.05) is 12.8 Å². The van der Waals surface area contributed by atoms with Crippen molar-refractivity contribution in [3.63, 3.8) is 0 Å². The average molecular weight is 182 g/mol. The highest BCUT2D eigenvalue weighted by Crippen LogP contribution is 2.16. The second kappa shape index (κ2) is 2.85. The van der Waals surface area contributed by atoms with Crippen molar-refractivity contribution < 1.29 is 15.0 Å². The van der Waals surface area contributed by atoms with Gasteiger partial charge in [-0.15, -0.1) is 0 Å². The molecule has 68 valence electrons. The number of fused-ring (bicyclic) bond motifs is 1.